The van der Waals surface area contributed by atoms with Crippen molar-refractivity contribution in [2.75, 3.05) is 19.6 Å². The Morgan fingerprint density at radius 2 is 2.00 bits per heavy atom. The summed E-state index contributed by atoms with van der Waals surface area (Å²) in [7, 11) is 0. The molecule has 3 heteroatoms. The molecule has 1 saturated carbocycles. The summed E-state index contributed by atoms with van der Waals surface area (Å²) < 4.78 is 0. The summed E-state index contributed by atoms with van der Waals surface area (Å²) in [5.41, 5.74) is 5.75. The molecule has 2 aliphatic rings. The van der Waals surface area contributed by atoms with Gasteiger partial charge < -0.3 is 10.6 Å². The van der Waals surface area contributed by atoms with E-state index in [0.29, 0.717) is 24.3 Å². The standard InChI is InChI=1S/C14H24N2O/c1-2-11-6-8-16(9-7-11)14(17)13-5-3-4-12(13)10-15/h2,11-13H,1,3-10,15H2/t12-,13-/m1/s1. The lowest BCUT2D eigenvalue weighted by Crippen LogP contribution is -2.43. The van der Waals surface area contributed by atoms with Gasteiger partial charge in [-0.3, -0.25) is 4.79 Å². The Labute approximate surface area is 104 Å². The molecule has 0 radical (unpaired) electrons. The fourth-order valence-corrected chi connectivity index (χ4v) is 3.23. The van der Waals surface area contributed by atoms with E-state index in [-0.39, 0.29) is 5.92 Å². The molecule has 1 aliphatic carbocycles. The molecular weight excluding hydrogens is 212 g/mol. The second-order valence-corrected chi connectivity index (χ2v) is 5.43. The molecule has 17 heavy (non-hydrogen) atoms. The van der Waals surface area contributed by atoms with Crippen LogP contribution >= 0.6 is 0 Å². The number of likely N-dealkylation sites (tertiary alicyclic amines) is 1. The largest absolute Gasteiger partial charge is 0.342 e. The monoisotopic (exact) mass is 236 g/mol. The van der Waals surface area contributed by atoms with Crippen LogP contribution in [0.4, 0.5) is 0 Å². The van der Waals surface area contributed by atoms with E-state index in [4.69, 9.17) is 5.73 Å². The SMILES string of the molecule is C=CC1CCN(C(=O)[C@@H]2CCC[C@@H]2CN)CC1. The number of nitrogens with two attached hydrogens (primary N) is 1. The zero-order chi connectivity index (χ0) is 12.3. The molecule has 0 unspecified atom stereocenters. The summed E-state index contributed by atoms with van der Waals surface area (Å²) in [4.78, 5) is 14.5. The molecule has 0 spiro atoms. The Balaban J connectivity index is 1.90. The second-order valence-electron chi connectivity index (χ2n) is 5.43. The molecule has 0 aromatic heterocycles. The number of rotatable bonds is 3. The second kappa shape index (κ2) is 5.67. The van der Waals surface area contributed by atoms with Gasteiger partial charge in [-0.1, -0.05) is 12.5 Å². The molecule has 1 aliphatic heterocycles. The molecule has 3 nitrogen and oxygen atoms in total. The molecule has 2 fully saturated rings. The predicted molar refractivity (Wildman–Crippen MR) is 69.4 cm³/mol. The lowest BCUT2D eigenvalue weighted by molar-refractivity contribution is -0.137. The molecule has 1 amide bonds. The molecule has 2 N–H and O–H groups in total. The highest BCUT2D eigenvalue weighted by Gasteiger charge is 2.35. The van der Waals surface area contributed by atoms with Gasteiger partial charge in [-0.15, -0.1) is 6.58 Å². The van der Waals surface area contributed by atoms with Crippen LogP contribution < -0.4 is 5.73 Å². The van der Waals surface area contributed by atoms with Crippen LogP contribution in [0.1, 0.15) is 32.1 Å². The predicted octanol–water partition coefficient (Wildman–Crippen LogP) is 1.79. The minimum atomic E-state index is 0.209. The van der Waals surface area contributed by atoms with Crippen LogP contribution in [-0.4, -0.2) is 30.4 Å². The van der Waals surface area contributed by atoms with Crippen LogP contribution in [0.25, 0.3) is 0 Å². The van der Waals surface area contributed by atoms with E-state index in [0.717, 1.165) is 38.8 Å². The number of hydrogen-bond donors (Lipinski definition) is 1. The Hall–Kier alpha value is -0.830. The number of hydrogen-bond acceptors (Lipinski definition) is 2. The van der Waals surface area contributed by atoms with Crippen LogP contribution in [0.3, 0.4) is 0 Å². The van der Waals surface area contributed by atoms with E-state index in [1.807, 2.05) is 6.08 Å². The highest BCUT2D eigenvalue weighted by atomic mass is 16.2. The molecule has 1 saturated heterocycles. The van der Waals surface area contributed by atoms with Gasteiger partial charge in [0.05, 0.1) is 0 Å². The minimum absolute atomic E-state index is 0.209. The summed E-state index contributed by atoms with van der Waals surface area (Å²) in [6, 6.07) is 0. The average Bonchev–Trinajstić information content (AvgIpc) is 2.86. The Morgan fingerprint density at radius 3 is 2.59 bits per heavy atom. The lowest BCUT2D eigenvalue weighted by atomic mass is 9.92. The average molecular weight is 236 g/mol. The van der Waals surface area contributed by atoms with Crippen molar-refractivity contribution in [1.29, 1.82) is 0 Å². The van der Waals surface area contributed by atoms with Gasteiger partial charge in [-0.25, -0.2) is 0 Å². The van der Waals surface area contributed by atoms with E-state index in [1.54, 1.807) is 0 Å². The number of carbonyl (C=O) groups excluding carboxylic acids is 1. The van der Waals surface area contributed by atoms with Crippen molar-refractivity contribution in [2.24, 2.45) is 23.5 Å². The molecule has 0 aromatic rings. The maximum Gasteiger partial charge on any atom is 0.226 e. The van der Waals surface area contributed by atoms with E-state index in [9.17, 15) is 4.79 Å². The molecular formula is C14H24N2O. The van der Waals surface area contributed by atoms with Crippen LogP contribution in [0, 0.1) is 17.8 Å². The number of allylic oxidation sites excluding steroid dienone is 1. The van der Waals surface area contributed by atoms with E-state index >= 15 is 0 Å². The van der Waals surface area contributed by atoms with Crippen LogP contribution in [0.5, 0.6) is 0 Å². The molecule has 1 heterocycles. The third kappa shape index (κ3) is 2.71. The van der Waals surface area contributed by atoms with E-state index in [2.05, 4.69) is 11.5 Å². The third-order valence-corrected chi connectivity index (χ3v) is 4.46. The van der Waals surface area contributed by atoms with Gasteiger partial charge in [0, 0.05) is 19.0 Å². The van der Waals surface area contributed by atoms with Crippen molar-refractivity contribution in [3.63, 3.8) is 0 Å². The first-order chi connectivity index (χ1) is 8.26. The highest BCUT2D eigenvalue weighted by Crippen LogP contribution is 2.33. The Kier molecular flexibility index (Phi) is 4.21. The zero-order valence-electron chi connectivity index (χ0n) is 10.6. The fraction of sp³-hybridized carbons (Fsp3) is 0.786. The molecule has 2 atom stereocenters. The topological polar surface area (TPSA) is 46.3 Å². The first kappa shape index (κ1) is 12.6. The van der Waals surface area contributed by atoms with Crippen molar-refractivity contribution in [1.82, 2.24) is 4.90 Å². The zero-order valence-corrected chi connectivity index (χ0v) is 10.6. The summed E-state index contributed by atoms with van der Waals surface area (Å²) >= 11 is 0. The van der Waals surface area contributed by atoms with Crippen molar-refractivity contribution in [3.8, 4) is 0 Å². The van der Waals surface area contributed by atoms with Gasteiger partial charge in [0.1, 0.15) is 0 Å². The smallest absolute Gasteiger partial charge is 0.226 e. The third-order valence-electron chi connectivity index (χ3n) is 4.46. The minimum Gasteiger partial charge on any atom is -0.342 e. The fourth-order valence-electron chi connectivity index (χ4n) is 3.23. The summed E-state index contributed by atoms with van der Waals surface area (Å²) in [5, 5.41) is 0. The summed E-state index contributed by atoms with van der Waals surface area (Å²) in [5.74, 6) is 1.60. The summed E-state index contributed by atoms with van der Waals surface area (Å²) in [6.07, 6.45) is 7.53. The quantitative estimate of drug-likeness (QED) is 0.759. The number of piperidine rings is 1. The van der Waals surface area contributed by atoms with Crippen molar-refractivity contribution >= 4 is 5.91 Å². The number of amides is 1. The first-order valence-electron chi connectivity index (χ1n) is 6.87. The van der Waals surface area contributed by atoms with Crippen molar-refractivity contribution < 1.29 is 4.79 Å². The van der Waals surface area contributed by atoms with Gasteiger partial charge in [-0.05, 0) is 44.1 Å². The maximum absolute atomic E-state index is 12.4. The first-order valence-corrected chi connectivity index (χ1v) is 6.87. The number of nitrogens with zero attached hydrogens (tertiary/aromatic N) is 1. The van der Waals surface area contributed by atoms with Crippen LogP contribution in [0.15, 0.2) is 12.7 Å². The van der Waals surface area contributed by atoms with E-state index < -0.39 is 0 Å². The van der Waals surface area contributed by atoms with Gasteiger partial charge in [-0.2, -0.15) is 0 Å². The molecule has 0 bridgehead atoms. The van der Waals surface area contributed by atoms with Gasteiger partial charge in [0.15, 0.2) is 0 Å². The normalized spacial score (nSPS) is 30.5. The molecule has 0 aromatic carbocycles. The van der Waals surface area contributed by atoms with Gasteiger partial charge in [0.2, 0.25) is 5.91 Å². The lowest BCUT2D eigenvalue weighted by Gasteiger charge is -2.33. The Bertz CT molecular complexity index is 282. The molecule has 96 valence electrons. The van der Waals surface area contributed by atoms with E-state index in [1.165, 1.54) is 6.42 Å². The molecule has 2 rings (SSSR count). The number of carbonyl (C=O) groups is 1. The van der Waals surface area contributed by atoms with Crippen LogP contribution in [-0.2, 0) is 4.79 Å². The maximum atomic E-state index is 12.4. The van der Waals surface area contributed by atoms with Crippen molar-refractivity contribution in [3.05, 3.63) is 12.7 Å². The van der Waals surface area contributed by atoms with Gasteiger partial charge in [0.25, 0.3) is 0 Å². The van der Waals surface area contributed by atoms with Crippen molar-refractivity contribution in [2.45, 2.75) is 32.1 Å². The Morgan fingerprint density at radius 1 is 1.29 bits per heavy atom. The van der Waals surface area contributed by atoms with Crippen LogP contribution in [0.2, 0.25) is 0 Å². The summed E-state index contributed by atoms with van der Waals surface area (Å²) in [6.45, 7) is 6.32. The highest BCUT2D eigenvalue weighted by molar-refractivity contribution is 5.79. The van der Waals surface area contributed by atoms with Gasteiger partial charge >= 0.3 is 0 Å².